The first kappa shape index (κ1) is 12.0. The van der Waals surface area contributed by atoms with Crippen LogP contribution in [0.4, 0.5) is 0 Å². The Morgan fingerprint density at radius 2 is 2.47 bits per heavy atom. The van der Waals surface area contributed by atoms with Crippen molar-refractivity contribution in [1.82, 2.24) is 0 Å². The summed E-state index contributed by atoms with van der Waals surface area (Å²) >= 11 is 0. The number of hydrogen-bond acceptors (Lipinski definition) is 4. The second-order valence-corrected chi connectivity index (χ2v) is 3.66. The van der Waals surface area contributed by atoms with Crippen molar-refractivity contribution in [3.63, 3.8) is 0 Å². The molecule has 1 saturated heterocycles. The summed E-state index contributed by atoms with van der Waals surface area (Å²) in [6, 6.07) is 1.98. The fraction of sp³-hybridized carbons (Fsp3) is 0.818. The Morgan fingerprint density at radius 3 is 3.00 bits per heavy atom. The van der Waals surface area contributed by atoms with Crippen LogP contribution in [0.3, 0.4) is 0 Å². The molecule has 1 aliphatic heterocycles. The first-order valence-electron chi connectivity index (χ1n) is 5.45. The van der Waals surface area contributed by atoms with Gasteiger partial charge in [0.1, 0.15) is 5.92 Å². The van der Waals surface area contributed by atoms with Crippen LogP contribution < -0.4 is 0 Å². The van der Waals surface area contributed by atoms with Gasteiger partial charge < -0.3 is 9.47 Å². The third-order valence-electron chi connectivity index (χ3n) is 2.50. The van der Waals surface area contributed by atoms with Crippen molar-refractivity contribution in [3.8, 4) is 6.07 Å². The minimum Gasteiger partial charge on any atom is -0.465 e. The molecule has 1 aliphatic rings. The van der Waals surface area contributed by atoms with Gasteiger partial charge in [-0.2, -0.15) is 5.26 Å². The lowest BCUT2D eigenvalue weighted by molar-refractivity contribution is -0.147. The summed E-state index contributed by atoms with van der Waals surface area (Å²) in [5.41, 5.74) is 0. The molecule has 1 fully saturated rings. The number of esters is 1. The zero-order valence-corrected chi connectivity index (χ0v) is 9.07. The van der Waals surface area contributed by atoms with E-state index in [1.54, 1.807) is 6.92 Å². The number of nitrogens with zero attached hydrogens (tertiary/aromatic N) is 1. The fourth-order valence-electron chi connectivity index (χ4n) is 1.70. The molecule has 1 rings (SSSR count). The molecule has 0 saturated carbocycles. The molecule has 0 aromatic carbocycles. The Bertz CT molecular complexity index is 241. The van der Waals surface area contributed by atoms with Crippen molar-refractivity contribution in [3.05, 3.63) is 0 Å². The highest BCUT2D eigenvalue weighted by Crippen LogP contribution is 2.20. The SMILES string of the molecule is CCOC(=O)C(C#N)CC1CCCCO1. The topological polar surface area (TPSA) is 59.3 Å². The maximum Gasteiger partial charge on any atom is 0.323 e. The van der Waals surface area contributed by atoms with Crippen LogP contribution >= 0.6 is 0 Å². The molecule has 4 nitrogen and oxygen atoms in total. The van der Waals surface area contributed by atoms with Gasteiger partial charge in [0.15, 0.2) is 0 Å². The molecule has 0 aliphatic carbocycles. The quantitative estimate of drug-likeness (QED) is 0.663. The highest BCUT2D eigenvalue weighted by molar-refractivity contribution is 5.75. The highest BCUT2D eigenvalue weighted by atomic mass is 16.5. The average molecular weight is 211 g/mol. The number of carbonyl (C=O) groups is 1. The molecule has 2 atom stereocenters. The molecule has 2 unspecified atom stereocenters. The van der Waals surface area contributed by atoms with E-state index in [4.69, 9.17) is 14.7 Å². The van der Waals surface area contributed by atoms with Crippen LogP contribution in [0.25, 0.3) is 0 Å². The Labute approximate surface area is 90.2 Å². The van der Waals surface area contributed by atoms with Gasteiger partial charge in [-0.3, -0.25) is 4.79 Å². The molecular weight excluding hydrogens is 194 g/mol. The van der Waals surface area contributed by atoms with Crippen molar-refractivity contribution in [2.24, 2.45) is 5.92 Å². The summed E-state index contributed by atoms with van der Waals surface area (Å²) < 4.78 is 10.3. The largest absolute Gasteiger partial charge is 0.465 e. The van der Waals surface area contributed by atoms with Gasteiger partial charge in [0, 0.05) is 13.0 Å². The number of carbonyl (C=O) groups excluding carboxylic acids is 1. The van der Waals surface area contributed by atoms with E-state index in [0.717, 1.165) is 25.9 Å². The smallest absolute Gasteiger partial charge is 0.323 e. The molecule has 0 bridgehead atoms. The third kappa shape index (κ3) is 3.88. The minimum atomic E-state index is -0.673. The Hall–Kier alpha value is -1.08. The van der Waals surface area contributed by atoms with E-state index in [1.807, 2.05) is 6.07 Å². The highest BCUT2D eigenvalue weighted by Gasteiger charge is 2.25. The standard InChI is InChI=1S/C11H17NO3/c1-2-14-11(13)9(8-12)7-10-5-3-4-6-15-10/h9-10H,2-7H2,1H3. The summed E-state index contributed by atoms with van der Waals surface area (Å²) in [5, 5.41) is 8.85. The van der Waals surface area contributed by atoms with Crippen LogP contribution in [-0.2, 0) is 14.3 Å². The van der Waals surface area contributed by atoms with Gasteiger partial charge >= 0.3 is 5.97 Å². The monoisotopic (exact) mass is 211 g/mol. The second kappa shape index (κ2) is 6.41. The molecule has 0 aromatic rings. The normalized spacial score (nSPS) is 22.8. The van der Waals surface area contributed by atoms with E-state index in [1.165, 1.54) is 0 Å². The maximum absolute atomic E-state index is 11.3. The summed E-state index contributed by atoms with van der Waals surface area (Å²) in [7, 11) is 0. The molecule has 0 aromatic heterocycles. The summed E-state index contributed by atoms with van der Waals surface area (Å²) in [6.45, 7) is 2.80. The van der Waals surface area contributed by atoms with Crippen molar-refractivity contribution in [1.29, 1.82) is 5.26 Å². The molecule has 15 heavy (non-hydrogen) atoms. The second-order valence-electron chi connectivity index (χ2n) is 3.66. The molecular formula is C11H17NO3. The lowest BCUT2D eigenvalue weighted by Crippen LogP contribution is -2.26. The molecule has 0 radical (unpaired) electrons. The van der Waals surface area contributed by atoms with Gasteiger partial charge in [-0.15, -0.1) is 0 Å². The molecule has 0 amide bonds. The van der Waals surface area contributed by atoms with E-state index < -0.39 is 11.9 Å². The van der Waals surface area contributed by atoms with E-state index in [2.05, 4.69) is 0 Å². The predicted octanol–water partition coefficient (Wildman–Crippen LogP) is 1.65. The maximum atomic E-state index is 11.3. The van der Waals surface area contributed by atoms with Crippen molar-refractivity contribution in [2.45, 2.75) is 38.7 Å². The first-order valence-corrected chi connectivity index (χ1v) is 5.45. The van der Waals surface area contributed by atoms with E-state index in [9.17, 15) is 4.79 Å². The van der Waals surface area contributed by atoms with Crippen LogP contribution in [0, 0.1) is 17.2 Å². The number of hydrogen-bond donors (Lipinski definition) is 0. The zero-order chi connectivity index (χ0) is 11.1. The summed E-state index contributed by atoms with van der Waals surface area (Å²) in [5.74, 6) is -1.10. The molecule has 0 N–H and O–H groups in total. The Kier molecular flexibility index (Phi) is 5.13. The van der Waals surface area contributed by atoms with Crippen molar-refractivity contribution < 1.29 is 14.3 Å². The number of ether oxygens (including phenoxy) is 2. The van der Waals surface area contributed by atoms with Gasteiger partial charge in [0.2, 0.25) is 0 Å². The van der Waals surface area contributed by atoms with Gasteiger partial charge in [0.25, 0.3) is 0 Å². The van der Waals surface area contributed by atoms with Crippen LogP contribution in [0.15, 0.2) is 0 Å². The zero-order valence-electron chi connectivity index (χ0n) is 9.07. The number of nitriles is 1. The molecule has 1 heterocycles. The lowest BCUT2D eigenvalue weighted by atomic mass is 9.98. The van der Waals surface area contributed by atoms with Crippen LogP contribution in [0.5, 0.6) is 0 Å². The average Bonchev–Trinajstić information content (AvgIpc) is 2.27. The minimum absolute atomic E-state index is 0.0489. The van der Waals surface area contributed by atoms with Gasteiger partial charge in [0.05, 0.1) is 18.8 Å². The third-order valence-corrected chi connectivity index (χ3v) is 2.50. The Morgan fingerprint density at radius 1 is 1.67 bits per heavy atom. The van der Waals surface area contributed by atoms with Crippen LogP contribution in [0.2, 0.25) is 0 Å². The van der Waals surface area contributed by atoms with Crippen LogP contribution in [0.1, 0.15) is 32.6 Å². The van der Waals surface area contributed by atoms with Crippen molar-refractivity contribution in [2.75, 3.05) is 13.2 Å². The summed E-state index contributed by atoms with van der Waals surface area (Å²) in [6.07, 6.45) is 3.65. The Balaban J connectivity index is 2.38. The van der Waals surface area contributed by atoms with Crippen molar-refractivity contribution >= 4 is 5.97 Å². The molecule has 4 heteroatoms. The van der Waals surface area contributed by atoms with E-state index in [0.29, 0.717) is 13.0 Å². The van der Waals surface area contributed by atoms with Gasteiger partial charge in [-0.05, 0) is 26.2 Å². The van der Waals surface area contributed by atoms with Gasteiger partial charge in [-0.1, -0.05) is 0 Å². The predicted molar refractivity (Wildman–Crippen MR) is 53.9 cm³/mol. The molecule has 84 valence electrons. The number of rotatable bonds is 4. The fourth-order valence-corrected chi connectivity index (χ4v) is 1.70. The molecule has 0 spiro atoms. The summed E-state index contributed by atoms with van der Waals surface area (Å²) in [4.78, 5) is 11.3. The first-order chi connectivity index (χ1) is 7.27. The van der Waals surface area contributed by atoms with Crippen LogP contribution in [-0.4, -0.2) is 25.3 Å². The van der Waals surface area contributed by atoms with E-state index in [-0.39, 0.29) is 6.10 Å². The lowest BCUT2D eigenvalue weighted by Gasteiger charge is -2.23. The van der Waals surface area contributed by atoms with Gasteiger partial charge in [-0.25, -0.2) is 0 Å². The van der Waals surface area contributed by atoms with E-state index >= 15 is 0 Å².